The molecule has 1 aromatic carbocycles. The molecule has 3 heteroatoms. The molecule has 0 amide bonds. The van der Waals surface area contributed by atoms with Crippen molar-refractivity contribution in [3.8, 4) is 0 Å². The lowest BCUT2D eigenvalue weighted by Crippen LogP contribution is -2.01. The minimum Gasteiger partial charge on any atom is -0.398 e. The van der Waals surface area contributed by atoms with Crippen LogP contribution >= 0.6 is 0 Å². The smallest absolute Gasteiger partial charge is 0.0723 e. The first-order chi connectivity index (χ1) is 6.70. The summed E-state index contributed by atoms with van der Waals surface area (Å²) in [6.45, 7) is 1.71. The highest BCUT2D eigenvalue weighted by atomic mass is 14.7. The van der Waals surface area contributed by atoms with E-state index in [1.807, 2.05) is 24.3 Å². The van der Waals surface area contributed by atoms with Crippen LogP contribution in [0.5, 0.6) is 0 Å². The summed E-state index contributed by atoms with van der Waals surface area (Å²) in [4.78, 5) is 4.24. The third-order valence-corrected chi connectivity index (χ3v) is 2.22. The molecule has 3 N–H and O–H groups in total. The zero-order chi connectivity index (χ0) is 10.1. The fourth-order valence-corrected chi connectivity index (χ4v) is 1.46. The van der Waals surface area contributed by atoms with Gasteiger partial charge in [-0.25, -0.2) is 0 Å². The Morgan fingerprint density at radius 2 is 2.07 bits per heavy atom. The number of fused-ring (bicyclic) bond motifs is 1. The maximum atomic E-state index is 7.53. The summed E-state index contributed by atoms with van der Waals surface area (Å²) in [5, 5.41) is 8.44. The quantitative estimate of drug-likeness (QED) is 0.669. The van der Waals surface area contributed by atoms with Crippen LogP contribution < -0.4 is 5.73 Å². The number of anilines is 1. The van der Waals surface area contributed by atoms with E-state index in [9.17, 15) is 0 Å². The molecular weight excluding hydrogens is 174 g/mol. The number of para-hydroxylation sites is 1. The van der Waals surface area contributed by atoms with Crippen molar-refractivity contribution in [3.63, 3.8) is 0 Å². The molecule has 1 aromatic heterocycles. The Hall–Kier alpha value is -1.90. The van der Waals surface area contributed by atoms with Gasteiger partial charge in [-0.05, 0) is 13.0 Å². The Morgan fingerprint density at radius 3 is 2.79 bits per heavy atom. The van der Waals surface area contributed by atoms with E-state index in [1.54, 1.807) is 13.1 Å². The Labute approximate surface area is 82.1 Å². The molecule has 0 bridgehead atoms. The number of nitrogens with zero attached hydrogens (tertiary/aromatic N) is 1. The fraction of sp³-hybridized carbons (Fsp3) is 0.0909. The minimum absolute atomic E-state index is 0.445. The summed E-state index contributed by atoms with van der Waals surface area (Å²) in [6.07, 6.45) is 1.65. The number of nitrogens with two attached hydrogens (primary N) is 1. The summed E-state index contributed by atoms with van der Waals surface area (Å²) in [5.74, 6) is 0. The summed E-state index contributed by atoms with van der Waals surface area (Å²) in [6, 6.07) is 7.67. The number of nitrogen functional groups attached to an aromatic ring is 1. The average Bonchev–Trinajstić information content (AvgIpc) is 2.18. The first-order valence-electron chi connectivity index (χ1n) is 4.39. The Balaban J connectivity index is 2.81. The molecule has 70 valence electrons. The molecule has 0 saturated heterocycles. The van der Waals surface area contributed by atoms with Crippen molar-refractivity contribution in [1.82, 2.24) is 4.98 Å². The topological polar surface area (TPSA) is 62.8 Å². The molecule has 2 rings (SSSR count). The standard InChI is InChI=1S/C11H11N3/c1-7(12)9-6-14-10-5-3-2-4-8(10)11(9)13/h2-6,12H,1H3,(H2,13,14). The van der Waals surface area contributed by atoms with Gasteiger partial charge in [0.05, 0.1) is 11.2 Å². The van der Waals surface area contributed by atoms with Crippen LogP contribution in [0, 0.1) is 5.41 Å². The van der Waals surface area contributed by atoms with E-state index in [1.165, 1.54) is 0 Å². The highest BCUT2D eigenvalue weighted by Gasteiger charge is 2.05. The van der Waals surface area contributed by atoms with Crippen molar-refractivity contribution in [3.05, 3.63) is 36.0 Å². The molecule has 2 aromatic rings. The van der Waals surface area contributed by atoms with Crippen molar-refractivity contribution in [2.45, 2.75) is 6.92 Å². The molecule has 0 spiro atoms. The van der Waals surface area contributed by atoms with E-state index in [2.05, 4.69) is 4.98 Å². The Morgan fingerprint density at radius 1 is 1.36 bits per heavy atom. The predicted octanol–water partition coefficient (Wildman–Crippen LogP) is 2.20. The lowest BCUT2D eigenvalue weighted by Gasteiger charge is -2.06. The van der Waals surface area contributed by atoms with E-state index in [-0.39, 0.29) is 0 Å². The van der Waals surface area contributed by atoms with Crippen molar-refractivity contribution in [2.24, 2.45) is 0 Å². The van der Waals surface area contributed by atoms with E-state index in [4.69, 9.17) is 11.1 Å². The van der Waals surface area contributed by atoms with Gasteiger partial charge in [-0.2, -0.15) is 0 Å². The zero-order valence-electron chi connectivity index (χ0n) is 7.91. The molecule has 3 nitrogen and oxygen atoms in total. The van der Waals surface area contributed by atoms with Crippen molar-refractivity contribution >= 4 is 22.3 Å². The predicted molar refractivity (Wildman–Crippen MR) is 58.7 cm³/mol. The van der Waals surface area contributed by atoms with Crippen LogP contribution in [-0.2, 0) is 0 Å². The van der Waals surface area contributed by atoms with E-state index in [0.29, 0.717) is 17.0 Å². The summed E-state index contributed by atoms with van der Waals surface area (Å²) >= 11 is 0. The molecular formula is C11H11N3. The van der Waals surface area contributed by atoms with Gasteiger partial charge < -0.3 is 11.1 Å². The largest absolute Gasteiger partial charge is 0.398 e. The van der Waals surface area contributed by atoms with Gasteiger partial charge in [-0.3, -0.25) is 4.98 Å². The third kappa shape index (κ3) is 1.23. The number of hydrogen-bond acceptors (Lipinski definition) is 3. The molecule has 1 heterocycles. The number of nitrogens with one attached hydrogen (secondary N) is 1. The van der Waals surface area contributed by atoms with E-state index >= 15 is 0 Å². The number of hydrogen-bond donors (Lipinski definition) is 2. The monoisotopic (exact) mass is 185 g/mol. The average molecular weight is 185 g/mol. The normalized spacial score (nSPS) is 10.4. The zero-order valence-corrected chi connectivity index (χ0v) is 7.91. The van der Waals surface area contributed by atoms with Gasteiger partial charge in [0.25, 0.3) is 0 Å². The number of pyridine rings is 1. The highest BCUT2D eigenvalue weighted by Crippen LogP contribution is 2.22. The van der Waals surface area contributed by atoms with Crippen molar-refractivity contribution in [1.29, 1.82) is 5.41 Å². The van der Waals surface area contributed by atoms with Gasteiger partial charge in [-0.15, -0.1) is 0 Å². The van der Waals surface area contributed by atoms with Crippen LogP contribution in [-0.4, -0.2) is 10.7 Å². The first-order valence-corrected chi connectivity index (χ1v) is 4.39. The molecule has 0 atom stereocenters. The maximum Gasteiger partial charge on any atom is 0.0723 e. The minimum atomic E-state index is 0.445. The van der Waals surface area contributed by atoms with Gasteiger partial charge in [0.2, 0.25) is 0 Å². The van der Waals surface area contributed by atoms with Gasteiger partial charge in [0.1, 0.15) is 0 Å². The van der Waals surface area contributed by atoms with Crippen LogP contribution in [0.25, 0.3) is 10.9 Å². The van der Waals surface area contributed by atoms with Crippen LogP contribution in [0.4, 0.5) is 5.69 Å². The highest BCUT2D eigenvalue weighted by molar-refractivity contribution is 6.07. The molecule has 0 fully saturated rings. The summed E-state index contributed by atoms with van der Waals surface area (Å²) < 4.78 is 0. The summed E-state index contributed by atoms with van der Waals surface area (Å²) in [5.41, 5.74) is 8.61. The van der Waals surface area contributed by atoms with Crippen LogP contribution in [0.3, 0.4) is 0 Å². The molecule has 0 aliphatic carbocycles. The first kappa shape index (κ1) is 8.69. The van der Waals surface area contributed by atoms with Crippen LogP contribution in [0.15, 0.2) is 30.5 Å². The van der Waals surface area contributed by atoms with Gasteiger partial charge in [0, 0.05) is 22.9 Å². The van der Waals surface area contributed by atoms with Crippen LogP contribution in [0.2, 0.25) is 0 Å². The number of aromatic nitrogens is 1. The van der Waals surface area contributed by atoms with Crippen molar-refractivity contribution in [2.75, 3.05) is 5.73 Å². The summed E-state index contributed by atoms with van der Waals surface area (Å²) in [7, 11) is 0. The molecule has 0 aliphatic heterocycles. The van der Waals surface area contributed by atoms with Crippen molar-refractivity contribution < 1.29 is 0 Å². The molecule has 0 radical (unpaired) electrons. The lowest BCUT2D eigenvalue weighted by molar-refractivity contribution is 1.37. The van der Waals surface area contributed by atoms with E-state index < -0.39 is 0 Å². The Bertz CT molecular complexity index is 503. The van der Waals surface area contributed by atoms with Gasteiger partial charge in [0.15, 0.2) is 0 Å². The second kappa shape index (κ2) is 3.10. The van der Waals surface area contributed by atoms with Crippen LogP contribution in [0.1, 0.15) is 12.5 Å². The number of rotatable bonds is 1. The fourth-order valence-electron chi connectivity index (χ4n) is 1.46. The molecule has 0 saturated carbocycles. The van der Waals surface area contributed by atoms with E-state index in [0.717, 1.165) is 10.9 Å². The number of benzene rings is 1. The Kier molecular flexibility index (Phi) is 1.93. The second-order valence-electron chi connectivity index (χ2n) is 3.23. The lowest BCUT2D eigenvalue weighted by atomic mass is 10.1. The molecule has 0 aliphatic rings. The third-order valence-electron chi connectivity index (χ3n) is 2.22. The SMILES string of the molecule is CC(=N)c1cnc2ccccc2c1N. The second-order valence-corrected chi connectivity index (χ2v) is 3.23. The van der Waals surface area contributed by atoms with Gasteiger partial charge >= 0.3 is 0 Å². The molecule has 14 heavy (non-hydrogen) atoms. The molecule has 0 unspecified atom stereocenters. The van der Waals surface area contributed by atoms with Gasteiger partial charge in [-0.1, -0.05) is 18.2 Å². The maximum absolute atomic E-state index is 7.53.